The molecular weight excluding hydrogens is 304 g/mol. The smallest absolute Gasteiger partial charge is 0.253 e. The van der Waals surface area contributed by atoms with Gasteiger partial charge in [-0.3, -0.25) is 4.79 Å². The summed E-state index contributed by atoms with van der Waals surface area (Å²) in [4.78, 5) is 14.4. The Kier molecular flexibility index (Phi) is 5.20. The largest absolute Gasteiger partial charge is 0.377 e. The van der Waals surface area contributed by atoms with E-state index >= 15 is 0 Å². The Morgan fingerprint density at radius 1 is 1.45 bits per heavy atom. The molecule has 6 nitrogen and oxygen atoms in total. The van der Waals surface area contributed by atoms with Gasteiger partial charge in [-0.05, 0) is 50.5 Å². The highest BCUT2D eigenvalue weighted by Gasteiger charge is 2.25. The van der Waals surface area contributed by atoms with Gasteiger partial charge in [0.25, 0.3) is 5.91 Å². The second-order valence-electron chi connectivity index (χ2n) is 5.50. The van der Waals surface area contributed by atoms with Gasteiger partial charge in [-0.1, -0.05) is 0 Å². The molecule has 2 rings (SSSR count). The van der Waals surface area contributed by atoms with Gasteiger partial charge in [-0.15, -0.1) is 0 Å². The molecule has 1 amide bonds. The van der Waals surface area contributed by atoms with Crippen molar-refractivity contribution in [2.45, 2.75) is 37.7 Å². The zero-order valence-corrected chi connectivity index (χ0v) is 13.7. The summed E-state index contributed by atoms with van der Waals surface area (Å²) in [6, 6.07) is 4.48. The molecule has 1 aliphatic rings. The highest BCUT2D eigenvalue weighted by Crippen LogP contribution is 2.19. The lowest BCUT2D eigenvalue weighted by atomic mass is 10.1. The summed E-state index contributed by atoms with van der Waals surface area (Å²) in [5.74, 6) is -0.103. The summed E-state index contributed by atoms with van der Waals surface area (Å²) in [5.41, 5.74) is 0.953. The molecule has 1 aromatic rings. The molecule has 0 unspecified atom stereocenters. The quantitative estimate of drug-likeness (QED) is 0.902. The van der Waals surface area contributed by atoms with Crippen molar-refractivity contribution in [1.29, 1.82) is 0 Å². The first-order chi connectivity index (χ1) is 10.3. The highest BCUT2D eigenvalue weighted by molar-refractivity contribution is 7.89. The van der Waals surface area contributed by atoms with Crippen LogP contribution in [0.2, 0.25) is 0 Å². The van der Waals surface area contributed by atoms with Crippen molar-refractivity contribution in [2.24, 2.45) is 5.14 Å². The maximum absolute atomic E-state index is 12.6. The van der Waals surface area contributed by atoms with E-state index in [1.807, 2.05) is 6.92 Å². The number of nitrogens with two attached hydrogens (primary N) is 1. The van der Waals surface area contributed by atoms with E-state index in [9.17, 15) is 13.2 Å². The third-order valence-corrected chi connectivity index (χ3v) is 4.87. The zero-order chi connectivity index (χ0) is 16.3. The number of primary sulfonamides is 1. The van der Waals surface area contributed by atoms with E-state index in [0.717, 1.165) is 12.8 Å². The summed E-state index contributed by atoms with van der Waals surface area (Å²) < 4.78 is 28.4. The van der Waals surface area contributed by atoms with E-state index in [0.29, 0.717) is 30.8 Å². The number of benzene rings is 1. The Morgan fingerprint density at radius 2 is 2.18 bits per heavy atom. The fourth-order valence-electron chi connectivity index (χ4n) is 2.78. The number of sulfonamides is 1. The molecule has 22 heavy (non-hydrogen) atoms. The molecule has 0 spiro atoms. The van der Waals surface area contributed by atoms with Gasteiger partial charge < -0.3 is 9.64 Å². The number of amides is 1. The number of hydrogen-bond donors (Lipinski definition) is 1. The molecule has 1 atom stereocenters. The lowest BCUT2D eigenvalue weighted by Gasteiger charge is -2.32. The van der Waals surface area contributed by atoms with E-state index in [1.54, 1.807) is 17.9 Å². The average molecular weight is 326 g/mol. The molecule has 0 radical (unpaired) electrons. The van der Waals surface area contributed by atoms with E-state index < -0.39 is 10.0 Å². The Balaban J connectivity index is 2.18. The van der Waals surface area contributed by atoms with Gasteiger partial charge in [-0.2, -0.15) is 0 Å². The molecule has 1 heterocycles. The summed E-state index contributed by atoms with van der Waals surface area (Å²) in [5, 5.41) is 5.14. The Bertz CT molecular complexity index is 656. The van der Waals surface area contributed by atoms with Crippen LogP contribution in [0.4, 0.5) is 0 Å². The van der Waals surface area contributed by atoms with E-state index in [2.05, 4.69) is 0 Å². The minimum atomic E-state index is -3.76. The van der Waals surface area contributed by atoms with Gasteiger partial charge >= 0.3 is 0 Å². The first-order valence-electron chi connectivity index (χ1n) is 7.37. The number of carbonyl (C=O) groups is 1. The molecule has 1 fully saturated rings. The van der Waals surface area contributed by atoms with Gasteiger partial charge in [0.1, 0.15) is 0 Å². The number of likely N-dealkylation sites (tertiary alicyclic amines) is 1. The SMILES string of the molecule is CCO[C@@H]1CCCN(C(=O)c2ccc(S(N)(=O)=O)c(C)c2)C1. The highest BCUT2D eigenvalue weighted by atomic mass is 32.2. The Hall–Kier alpha value is -1.44. The van der Waals surface area contributed by atoms with Crippen LogP contribution in [-0.4, -0.2) is 45.0 Å². The molecule has 0 aromatic heterocycles. The molecule has 1 aliphatic heterocycles. The van der Waals surface area contributed by atoms with Crippen molar-refractivity contribution < 1.29 is 17.9 Å². The topological polar surface area (TPSA) is 89.7 Å². The van der Waals surface area contributed by atoms with Crippen LogP contribution in [-0.2, 0) is 14.8 Å². The molecule has 0 aliphatic carbocycles. The van der Waals surface area contributed by atoms with Crippen molar-refractivity contribution in [1.82, 2.24) is 4.90 Å². The van der Waals surface area contributed by atoms with Crippen molar-refractivity contribution >= 4 is 15.9 Å². The number of rotatable bonds is 4. The first kappa shape index (κ1) is 16.9. The van der Waals surface area contributed by atoms with Crippen LogP contribution in [0.5, 0.6) is 0 Å². The Morgan fingerprint density at radius 3 is 2.77 bits per heavy atom. The first-order valence-corrected chi connectivity index (χ1v) is 8.92. The van der Waals surface area contributed by atoms with Crippen molar-refractivity contribution in [3.8, 4) is 0 Å². The summed E-state index contributed by atoms with van der Waals surface area (Å²) >= 11 is 0. The van der Waals surface area contributed by atoms with Gasteiger partial charge in [0, 0.05) is 25.3 Å². The summed E-state index contributed by atoms with van der Waals surface area (Å²) in [7, 11) is -3.76. The van der Waals surface area contributed by atoms with Crippen LogP contribution >= 0.6 is 0 Å². The fourth-order valence-corrected chi connectivity index (χ4v) is 3.54. The van der Waals surface area contributed by atoms with Crippen molar-refractivity contribution in [3.63, 3.8) is 0 Å². The van der Waals surface area contributed by atoms with Gasteiger partial charge in [0.05, 0.1) is 11.0 Å². The summed E-state index contributed by atoms with van der Waals surface area (Å²) in [6.07, 6.45) is 1.94. The van der Waals surface area contributed by atoms with Crippen LogP contribution in [0.25, 0.3) is 0 Å². The molecule has 0 saturated carbocycles. The van der Waals surface area contributed by atoms with E-state index in [4.69, 9.17) is 9.88 Å². The standard InChI is InChI=1S/C15H22N2O4S/c1-3-21-13-5-4-8-17(10-13)15(18)12-6-7-14(11(2)9-12)22(16,19)20/h6-7,9,13H,3-5,8,10H2,1-2H3,(H2,16,19,20)/t13-/m1/s1. The van der Waals surface area contributed by atoms with Crippen LogP contribution in [0.3, 0.4) is 0 Å². The van der Waals surface area contributed by atoms with Crippen LogP contribution in [0.15, 0.2) is 23.1 Å². The van der Waals surface area contributed by atoms with Crippen LogP contribution < -0.4 is 5.14 Å². The molecule has 2 N–H and O–H groups in total. The molecule has 0 bridgehead atoms. The lowest BCUT2D eigenvalue weighted by molar-refractivity contribution is 0.00724. The third kappa shape index (κ3) is 3.85. The molecule has 1 aromatic carbocycles. The number of nitrogens with zero attached hydrogens (tertiary/aromatic N) is 1. The second kappa shape index (κ2) is 6.76. The maximum atomic E-state index is 12.6. The van der Waals surface area contributed by atoms with Gasteiger partial charge in [0.2, 0.25) is 10.0 Å². The number of aryl methyl sites for hydroxylation is 1. The predicted molar refractivity (Wildman–Crippen MR) is 83.1 cm³/mol. The van der Waals surface area contributed by atoms with Crippen molar-refractivity contribution in [3.05, 3.63) is 29.3 Å². The van der Waals surface area contributed by atoms with E-state index in [-0.39, 0.29) is 16.9 Å². The monoisotopic (exact) mass is 326 g/mol. The predicted octanol–water partition coefficient (Wildman–Crippen LogP) is 1.28. The van der Waals surface area contributed by atoms with Gasteiger partial charge in [-0.25, -0.2) is 13.6 Å². The molecule has 122 valence electrons. The molecular formula is C15H22N2O4S. The number of piperidine rings is 1. The summed E-state index contributed by atoms with van der Waals surface area (Å²) in [6.45, 7) is 5.47. The second-order valence-corrected chi connectivity index (χ2v) is 7.03. The normalized spacial score (nSPS) is 19.2. The number of carbonyl (C=O) groups excluding carboxylic acids is 1. The zero-order valence-electron chi connectivity index (χ0n) is 12.9. The van der Waals surface area contributed by atoms with Crippen LogP contribution in [0, 0.1) is 6.92 Å². The molecule has 7 heteroatoms. The van der Waals surface area contributed by atoms with Crippen molar-refractivity contribution in [2.75, 3.05) is 19.7 Å². The third-order valence-electron chi connectivity index (χ3n) is 3.80. The molecule has 1 saturated heterocycles. The fraction of sp³-hybridized carbons (Fsp3) is 0.533. The van der Waals surface area contributed by atoms with Gasteiger partial charge in [0.15, 0.2) is 0 Å². The minimum absolute atomic E-state index is 0.0508. The lowest BCUT2D eigenvalue weighted by Crippen LogP contribution is -2.43. The number of hydrogen-bond acceptors (Lipinski definition) is 4. The van der Waals surface area contributed by atoms with Crippen LogP contribution in [0.1, 0.15) is 35.7 Å². The Labute approximate surface area is 131 Å². The van der Waals surface area contributed by atoms with E-state index in [1.165, 1.54) is 12.1 Å². The minimum Gasteiger partial charge on any atom is -0.377 e. The number of ether oxygens (including phenoxy) is 1. The maximum Gasteiger partial charge on any atom is 0.253 e. The average Bonchev–Trinajstić information content (AvgIpc) is 2.45.